The van der Waals surface area contributed by atoms with E-state index in [2.05, 4.69) is 37.2 Å². The number of hydrogen-bond acceptors (Lipinski definition) is 25. The SMILES string of the molecule is CN[C@H](CC(C)C)C(=O)NC1C(=O)NC(C(N)=O)C(=O)N[C@H]2C(=O)N[C@H]3C(=O)N[C@H](C(=O)N[C@H](C(=O)O)c4cc(O)cc(O)c4-c4cc3ccc4O)[C@H](O)c3ccc(c(Cl)c3)Oc3cc2cc(c3O[C@@H]2O[C@H](CO)[C@@H](O)[C@H](O)C2O[C@H]2C[C@](C)(N)[C@H](O)[C@H](C)O2)Oc2ccc(cc2Cl)[C@H]1O. The standard InChI is InChI=1S/C65H73Cl2N9O24/c1-22(2)12-33(70-5)57(87)74-46-49(81)25-7-10-36(31(66)14-25)96-38-16-27-17-39(53(38)100-64-54(52(84)51(83)40(21-77)98-64)99-41-20-65(4,69)55(85)23(3)95-41)97-37-11-8-26(15-32(37)67)50(82)47-60(90)73-45(63(93)94)30-18-28(78)19-35(80)42(30)29-13-24(6-9-34(29)79)43(58(88)75-47)71-59(89)44(27)72-62(92)48(56(68)86)76-61(46)91/h6-11,13-19,22-23,33,40-41,43-52,54-55,64,70,77-85H,12,20-21,69H2,1-5H3,(H2,68,86)(H,71,89)(H,72,92)(H,73,90)(H,74,87)(H,75,88)(H,76,91)(H,93,94)/t23-,33+,40+,41-,43+,44+,45-,46?,47-,48?,49+,50+,51+,52-,54?,55+,64-,65-/m0/s1. The lowest BCUT2D eigenvalue weighted by atomic mass is 9.86. The Morgan fingerprint density at radius 2 is 1.29 bits per heavy atom. The van der Waals surface area contributed by atoms with Crippen LogP contribution in [0.4, 0.5) is 0 Å². The number of hydrogen-bond donors (Lipinski definition) is 19. The van der Waals surface area contributed by atoms with Crippen molar-refractivity contribution in [3.05, 3.63) is 117 Å². The molecule has 5 aromatic carbocycles. The molecule has 536 valence electrons. The number of likely N-dealkylation sites (N-methyl/N-ethyl adjacent to an activating group) is 1. The summed E-state index contributed by atoms with van der Waals surface area (Å²) in [6, 6.07) is -1.46. The van der Waals surface area contributed by atoms with Gasteiger partial charge in [-0.25, -0.2) is 4.79 Å². The fourth-order valence-corrected chi connectivity index (χ4v) is 12.8. The van der Waals surface area contributed by atoms with Gasteiger partial charge in [0, 0.05) is 34.7 Å². The number of aliphatic hydroxyl groups excluding tert-OH is 6. The number of nitrogens with one attached hydrogen (secondary N) is 7. The molecule has 35 heteroatoms. The monoisotopic (exact) mass is 1430 g/mol. The molecule has 0 aliphatic carbocycles. The second-order valence-electron chi connectivity index (χ2n) is 25.3. The van der Waals surface area contributed by atoms with Crippen molar-refractivity contribution in [1.29, 1.82) is 0 Å². The molecule has 3 unspecified atom stereocenters. The molecule has 0 saturated carbocycles. The Kier molecular flexibility index (Phi) is 21.7. The van der Waals surface area contributed by atoms with E-state index < -0.39 is 231 Å². The molecule has 0 aromatic heterocycles. The molecule has 7 aliphatic heterocycles. The van der Waals surface area contributed by atoms with Crippen LogP contribution in [0.1, 0.15) is 98.7 Å². The maximum absolute atomic E-state index is 15.9. The number of carbonyl (C=O) groups is 8. The third-order valence-electron chi connectivity index (χ3n) is 17.6. The molecule has 7 amide bonds. The van der Waals surface area contributed by atoms with E-state index >= 15 is 14.4 Å². The number of primary amides is 1. The number of phenolic OH excluding ortho intramolecular Hbond substituents is 3. The van der Waals surface area contributed by atoms with E-state index in [-0.39, 0.29) is 46.2 Å². The predicted octanol–water partition coefficient (Wildman–Crippen LogP) is -0.284. The smallest absolute Gasteiger partial charge is 0.330 e. The second kappa shape index (κ2) is 29.6. The Balaban J connectivity index is 1.24. The topological polar surface area (TPSA) is 530 Å². The van der Waals surface area contributed by atoms with Gasteiger partial charge in [-0.3, -0.25) is 33.6 Å². The Hall–Kier alpha value is -9.20. The van der Waals surface area contributed by atoms with E-state index in [9.17, 15) is 75.0 Å². The number of aliphatic carboxylic acids is 1. The predicted molar refractivity (Wildman–Crippen MR) is 345 cm³/mol. The van der Waals surface area contributed by atoms with Crippen LogP contribution in [0.5, 0.6) is 46.0 Å². The summed E-state index contributed by atoms with van der Waals surface area (Å²) in [6.07, 6.45) is -17.6. The average molecular weight is 1440 g/mol. The molecule has 2 fully saturated rings. The Labute approximate surface area is 577 Å². The lowest BCUT2D eigenvalue weighted by Gasteiger charge is -2.47. The van der Waals surface area contributed by atoms with Gasteiger partial charge in [0.2, 0.25) is 47.5 Å². The normalized spacial score (nSPS) is 29.6. The number of carboxylic acids is 1. The second-order valence-corrected chi connectivity index (χ2v) is 26.1. The van der Waals surface area contributed by atoms with Crippen LogP contribution in [-0.2, 0) is 52.6 Å². The summed E-state index contributed by atoms with van der Waals surface area (Å²) < 4.78 is 38.2. The van der Waals surface area contributed by atoms with Crippen LogP contribution in [0.2, 0.25) is 10.0 Å². The first-order valence-electron chi connectivity index (χ1n) is 31.1. The zero-order chi connectivity index (χ0) is 72.8. The summed E-state index contributed by atoms with van der Waals surface area (Å²) in [5.74, 6) is -16.9. The summed E-state index contributed by atoms with van der Waals surface area (Å²) in [5, 5.41) is 130. The van der Waals surface area contributed by atoms with E-state index in [1.54, 1.807) is 13.8 Å². The van der Waals surface area contributed by atoms with Crippen molar-refractivity contribution in [1.82, 2.24) is 37.2 Å². The number of fused-ring (bicyclic) bond motifs is 15. The Morgan fingerprint density at radius 1 is 0.700 bits per heavy atom. The number of rotatable bonds is 12. The first-order valence-corrected chi connectivity index (χ1v) is 31.9. The number of halogens is 2. The van der Waals surface area contributed by atoms with Crippen LogP contribution in [-0.4, -0.2) is 191 Å². The number of carboxylic acid groups (broad SMARTS) is 1. The number of phenols is 3. The maximum atomic E-state index is 15.9. The van der Waals surface area contributed by atoms with Gasteiger partial charge >= 0.3 is 5.97 Å². The molecule has 5 aromatic rings. The van der Waals surface area contributed by atoms with Gasteiger partial charge in [-0.1, -0.05) is 55.2 Å². The molecule has 21 N–H and O–H groups in total. The number of benzene rings is 5. The lowest BCUT2D eigenvalue weighted by Crippen LogP contribution is -2.64. The molecule has 0 spiro atoms. The van der Waals surface area contributed by atoms with Crippen molar-refractivity contribution in [2.45, 2.75) is 150 Å². The highest BCUT2D eigenvalue weighted by molar-refractivity contribution is 6.32. The summed E-state index contributed by atoms with van der Waals surface area (Å²) in [5.41, 5.74) is 8.02. The van der Waals surface area contributed by atoms with E-state index in [0.29, 0.717) is 0 Å². The van der Waals surface area contributed by atoms with E-state index in [0.717, 1.165) is 66.7 Å². The number of aliphatic hydroxyl groups is 6. The largest absolute Gasteiger partial charge is 0.508 e. The lowest BCUT2D eigenvalue weighted by molar-refractivity contribution is -0.333. The van der Waals surface area contributed by atoms with Gasteiger partial charge in [0.25, 0.3) is 5.91 Å². The van der Waals surface area contributed by atoms with Crippen molar-refractivity contribution in [3.63, 3.8) is 0 Å². The summed E-state index contributed by atoms with van der Waals surface area (Å²) in [4.78, 5) is 117. The molecule has 11 bridgehead atoms. The summed E-state index contributed by atoms with van der Waals surface area (Å²) in [6.45, 7) is 5.63. The van der Waals surface area contributed by atoms with E-state index in [1.165, 1.54) is 33.0 Å². The number of amides is 7. The van der Waals surface area contributed by atoms with Crippen LogP contribution < -0.4 is 62.9 Å². The summed E-state index contributed by atoms with van der Waals surface area (Å²) >= 11 is 14.1. The van der Waals surface area contributed by atoms with Crippen LogP contribution in [0.15, 0.2) is 78.9 Å². The van der Waals surface area contributed by atoms with Gasteiger partial charge < -0.3 is 128 Å². The van der Waals surface area contributed by atoms with Gasteiger partial charge in [-0.15, -0.1) is 0 Å². The molecular weight excluding hydrogens is 1360 g/mol. The highest BCUT2D eigenvalue weighted by Gasteiger charge is 2.52. The summed E-state index contributed by atoms with van der Waals surface area (Å²) in [7, 11) is 1.46. The van der Waals surface area contributed by atoms with Gasteiger partial charge in [-0.2, -0.15) is 0 Å². The van der Waals surface area contributed by atoms with Crippen molar-refractivity contribution in [2.75, 3.05) is 13.7 Å². The molecule has 100 heavy (non-hydrogen) atoms. The number of carbonyl (C=O) groups excluding carboxylic acids is 7. The quantitative estimate of drug-likeness (QED) is 0.0714. The van der Waals surface area contributed by atoms with E-state index in [4.69, 9.17) is 63.1 Å². The molecule has 12 rings (SSSR count). The first-order chi connectivity index (χ1) is 47.2. The molecule has 7 aliphatic rings. The van der Waals surface area contributed by atoms with Crippen molar-refractivity contribution in [3.8, 4) is 57.1 Å². The molecule has 2 saturated heterocycles. The molecule has 33 nitrogen and oxygen atoms in total. The third kappa shape index (κ3) is 15.1. The van der Waals surface area contributed by atoms with Crippen LogP contribution >= 0.6 is 23.2 Å². The number of ether oxygens (including phenoxy) is 6. The third-order valence-corrected chi connectivity index (χ3v) is 18.2. The molecule has 0 radical (unpaired) electrons. The number of nitrogens with two attached hydrogens (primary N) is 2. The minimum atomic E-state index is -2.56. The first kappa shape index (κ1) is 73.5. The fraction of sp³-hybridized carbons (Fsp3) is 0.415. The Morgan fingerprint density at radius 3 is 1.87 bits per heavy atom. The molecule has 18 atom stereocenters. The highest BCUT2D eigenvalue weighted by Crippen LogP contribution is 2.50. The van der Waals surface area contributed by atoms with Crippen molar-refractivity contribution in [2.24, 2.45) is 17.4 Å². The number of aromatic hydroxyl groups is 3. The highest BCUT2D eigenvalue weighted by atomic mass is 35.5. The van der Waals surface area contributed by atoms with Crippen LogP contribution in [0, 0.1) is 5.92 Å². The van der Waals surface area contributed by atoms with Crippen molar-refractivity contribution >= 4 is 70.5 Å². The zero-order valence-electron chi connectivity index (χ0n) is 53.6. The maximum Gasteiger partial charge on any atom is 0.330 e. The minimum absolute atomic E-state index is 0.107. The zero-order valence-corrected chi connectivity index (χ0v) is 55.1. The van der Waals surface area contributed by atoms with Crippen molar-refractivity contribution < 1.29 is 118 Å². The van der Waals surface area contributed by atoms with Gasteiger partial charge in [-0.05, 0) is 110 Å². The molecule has 7 heterocycles. The Bertz CT molecular complexity index is 4060. The van der Waals surface area contributed by atoms with Gasteiger partial charge in [0.15, 0.2) is 36.0 Å². The van der Waals surface area contributed by atoms with Crippen LogP contribution in [0.25, 0.3) is 11.1 Å². The fourth-order valence-electron chi connectivity index (χ4n) is 12.3. The van der Waals surface area contributed by atoms with Crippen LogP contribution in [0.3, 0.4) is 0 Å². The average Bonchev–Trinajstić information content (AvgIpc) is 0.769. The molecular formula is C65H73Cl2N9O24. The minimum Gasteiger partial charge on any atom is -0.508 e. The van der Waals surface area contributed by atoms with Gasteiger partial charge in [0.1, 0.15) is 83.4 Å². The van der Waals surface area contributed by atoms with E-state index in [1.807, 2.05) is 0 Å². The van der Waals surface area contributed by atoms with Gasteiger partial charge in [0.05, 0.1) is 34.9 Å².